The van der Waals surface area contributed by atoms with Crippen molar-refractivity contribution in [1.82, 2.24) is 14.6 Å². The van der Waals surface area contributed by atoms with Crippen molar-refractivity contribution in [3.63, 3.8) is 0 Å². The molecule has 2 aromatic rings. The molecule has 2 rings (SSSR count). The minimum Gasteiger partial charge on any atom is -0.486 e. The number of ether oxygens (including phenoxy) is 1. The van der Waals surface area contributed by atoms with Crippen LogP contribution in [0.25, 0.3) is 11.7 Å². The molecule has 0 atom stereocenters. The fraction of sp³-hybridized carbons (Fsp3) is 0.308. The summed E-state index contributed by atoms with van der Waals surface area (Å²) in [5.74, 6) is 1.30. The van der Waals surface area contributed by atoms with Gasteiger partial charge in [-0.15, -0.1) is 10.2 Å². The Balaban J connectivity index is 2.33. The van der Waals surface area contributed by atoms with E-state index in [1.54, 1.807) is 13.3 Å². The third-order valence-corrected chi connectivity index (χ3v) is 2.49. The zero-order valence-corrected chi connectivity index (χ0v) is 10.7. The summed E-state index contributed by atoms with van der Waals surface area (Å²) in [6.45, 7) is 4.20. The van der Waals surface area contributed by atoms with Crippen LogP contribution in [0.5, 0.6) is 0 Å². The maximum Gasteiger partial charge on any atom is 0.173 e. The second-order valence-corrected chi connectivity index (χ2v) is 4.21. The van der Waals surface area contributed by atoms with Gasteiger partial charge in [-0.25, -0.2) is 4.99 Å². The van der Waals surface area contributed by atoms with Crippen molar-refractivity contribution in [3.05, 3.63) is 35.9 Å². The molecule has 5 heteroatoms. The highest BCUT2D eigenvalue weighted by Crippen LogP contribution is 2.15. The highest BCUT2D eigenvalue weighted by molar-refractivity contribution is 5.55. The highest BCUT2D eigenvalue weighted by atomic mass is 16.5. The van der Waals surface area contributed by atoms with E-state index in [4.69, 9.17) is 4.74 Å². The van der Waals surface area contributed by atoms with Crippen molar-refractivity contribution >= 4 is 18.1 Å². The first-order valence-electron chi connectivity index (χ1n) is 5.78. The fourth-order valence-electron chi connectivity index (χ4n) is 1.64. The van der Waals surface area contributed by atoms with Gasteiger partial charge in [0, 0.05) is 18.3 Å². The molecule has 0 radical (unpaired) electrons. The highest BCUT2D eigenvalue weighted by Gasteiger charge is 2.08. The minimum atomic E-state index is 0.339. The molecule has 0 saturated carbocycles. The molecule has 0 aliphatic rings. The lowest BCUT2D eigenvalue weighted by Crippen LogP contribution is -1.96. The Hall–Kier alpha value is -2.17. The number of hydrogen-bond donors (Lipinski definition) is 0. The van der Waals surface area contributed by atoms with Crippen molar-refractivity contribution in [1.29, 1.82) is 0 Å². The summed E-state index contributed by atoms with van der Waals surface area (Å²) in [5.41, 5.74) is 1.90. The van der Waals surface area contributed by atoms with Crippen LogP contribution in [0.3, 0.4) is 0 Å². The fourth-order valence-corrected chi connectivity index (χ4v) is 1.64. The Morgan fingerprint density at radius 3 is 2.89 bits per heavy atom. The first kappa shape index (κ1) is 12.3. The van der Waals surface area contributed by atoms with E-state index in [2.05, 4.69) is 29.0 Å². The van der Waals surface area contributed by atoms with Crippen molar-refractivity contribution in [2.75, 3.05) is 7.11 Å². The SMILES string of the molecule is COC=N/C=C/c1ccc2nnc(C(C)C)n2c1. The molecule has 0 unspecified atom stereocenters. The molecule has 0 saturated heterocycles. The molecule has 0 aromatic carbocycles. The van der Waals surface area contributed by atoms with Crippen LogP contribution in [-0.4, -0.2) is 28.1 Å². The van der Waals surface area contributed by atoms with E-state index in [9.17, 15) is 0 Å². The van der Waals surface area contributed by atoms with Crippen molar-refractivity contribution < 1.29 is 4.74 Å². The summed E-state index contributed by atoms with van der Waals surface area (Å²) in [4.78, 5) is 3.94. The van der Waals surface area contributed by atoms with E-state index in [0.717, 1.165) is 17.0 Å². The number of pyridine rings is 1. The first-order chi connectivity index (χ1) is 8.72. The molecule has 0 aliphatic carbocycles. The van der Waals surface area contributed by atoms with Crippen LogP contribution in [0, 0.1) is 0 Å². The van der Waals surface area contributed by atoms with Crippen LogP contribution >= 0.6 is 0 Å². The second-order valence-electron chi connectivity index (χ2n) is 4.21. The summed E-state index contributed by atoms with van der Waals surface area (Å²) in [6, 6.07) is 3.92. The van der Waals surface area contributed by atoms with E-state index in [1.807, 2.05) is 28.8 Å². The average Bonchev–Trinajstić information content (AvgIpc) is 2.77. The van der Waals surface area contributed by atoms with Gasteiger partial charge in [-0.05, 0) is 23.8 Å². The zero-order chi connectivity index (χ0) is 13.0. The largest absolute Gasteiger partial charge is 0.486 e. The monoisotopic (exact) mass is 244 g/mol. The Morgan fingerprint density at radius 1 is 1.33 bits per heavy atom. The number of rotatable bonds is 4. The van der Waals surface area contributed by atoms with Gasteiger partial charge < -0.3 is 4.74 Å². The molecule has 0 spiro atoms. The minimum absolute atomic E-state index is 0.339. The Labute approximate surface area is 106 Å². The average molecular weight is 244 g/mol. The van der Waals surface area contributed by atoms with E-state index in [1.165, 1.54) is 6.40 Å². The predicted molar refractivity (Wildman–Crippen MR) is 71.6 cm³/mol. The van der Waals surface area contributed by atoms with Crippen molar-refractivity contribution in [3.8, 4) is 0 Å². The van der Waals surface area contributed by atoms with E-state index >= 15 is 0 Å². The Kier molecular flexibility index (Phi) is 3.72. The number of aliphatic imine (C=N–C) groups is 1. The molecule has 0 N–H and O–H groups in total. The zero-order valence-electron chi connectivity index (χ0n) is 10.7. The van der Waals surface area contributed by atoms with Gasteiger partial charge in [0.2, 0.25) is 0 Å². The molecule has 0 bridgehead atoms. The normalized spacial score (nSPS) is 12.2. The van der Waals surface area contributed by atoms with Crippen LogP contribution in [0.4, 0.5) is 0 Å². The van der Waals surface area contributed by atoms with Crippen LogP contribution in [-0.2, 0) is 4.74 Å². The van der Waals surface area contributed by atoms with Gasteiger partial charge in [-0.1, -0.05) is 13.8 Å². The van der Waals surface area contributed by atoms with E-state index in [0.29, 0.717) is 5.92 Å². The molecule has 2 aromatic heterocycles. The predicted octanol–water partition coefficient (Wildman–Crippen LogP) is 2.50. The standard InChI is InChI=1S/C13H16N4O/c1-10(2)13-16-15-12-5-4-11(8-17(12)13)6-7-14-9-18-3/h4-10H,1-3H3/b7-6+,14-9?. The number of methoxy groups -OCH3 is 1. The number of fused-ring (bicyclic) bond motifs is 1. The Morgan fingerprint density at radius 2 is 2.17 bits per heavy atom. The summed E-state index contributed by atoms with van der Waals surface area (Å²) >= 11 is 0. The first-order valence-corrected chi connectivity index (χ1v) is 5.78. The van der Waals surface area contributed by atoms with Gasteiger partial charge in [-0.3, -0.25) is 4.40 Å². The molecular weight excluding hydrogens is 228 g/mol. The summed E-state index contributed by atoms with van der Waals surface area (Å²) in [6.07, 6.45) is 6.97. The molecule has 0 fully saturated rings. The molecule has 0 amide bonds. The maximum absolute atomic E-state index is 4.72. The molecule has 0 aliphatic heterocycles. The second kappa shape index (κ2) is 5.44. The van der Waals surface area contributed by atoms with Crippen LogP contribution in [0.2, 0.25) is 0 Å². The molecule has 2 heterocycles. The van der Waals surface area contributed by atoms with Gasteiger partial charge in [0.25, 0.3) is 0 Å². The van der Waals surface area contributed by atoms with Crippen LogP contribution in [0.1, 0.15) is 31.2 Å². The van der Waals surface area contributed by atoms with Gasteiger partial charge in [0.1, 0.15) is 5.82 Å². The topological polar surface area (TPSA) is 51.8 Å². The van der Waals surface area contributed by atoms with Gasteiger partial charge in [0.05, 0.1) is 7.11 Å². The molecular formula is C13H16N4O. The lowest BCUT2D eigenvalue weighted by atomic mass is 10.2. The van der Waals surface area contributed by atoms with Gasteiger partial charge in [0.15, 0.2) is 12.0 Å². The number of nitrogens with zero attached hydrogens (tertiary/aromatic N) is 4. The lowest BCUT2D eigenvalue weighted by molar-refractivity contribution is 0.423. The molecule has 18 heavy (non-hydrogen) atoms. The van der Waals surface area contributed by atoms with Crippen molar-refractivity contribution in [2.24, 2.45) is 4.99 Å². The Bertz CT molecular complexity index is 584. The summed E-state index contributed by atoms with van der Waals surface area (Å²) in [7, 11) is 1.56. The summed E-state index contributed by atoms with van der Waals surface area (Å²) < 4.78 is 6.72. The van der Waals surface area contributed by atoms with Crippen LogP contribution < -0.4 is 0 Å². The quantitative estimate of drug-likeness (QED) is 0.613. The maximum atomic E-state index is 4.72. The third-order valence-electron chi connectivity index (χ3n) is 2.49. The number of aromatic nitrogens is 3. The van der Waals surface area contributed by atoms with Gasteiger partial charge in [-0.2, -0.15) is 0 Å². The summed E-state index contributed by atoms with van der Waals surface area (Å²) in [5, 5.41) is 8.31. The lowest BCUT2D eigenvalue weighted by Gasteiger charge is -2.03. The number of hydrogen-bond acceptors (Lipinski definition) is 4. The van der Waals surface area contributed by atoms with Crippen molar-refractivity contribution in [2.45, 2.75) is 19.8 Å². The smallest absolute Gasteiger partial charge is 0.173 e. The molecule has 94 valence electrons. The van der Waals surface area contributed by atoms with Crippen LogP contribution in [0.15, 0.2) is 29.5 Å². The van der Waals surface area contributed by atoms with E-state index < -0.39 is 0 Å². The van der Waals surface area contributed by atoms with Gasteiger partial charge >= 0.3 is 0 Å². The molecule has 5 nitrogen and oxygen atoms in total. The third kappa shape index (κ3) is 2.56. The van der Waals surface area contributed by atoms with E-state index in [-0.39, 0.29) is 0 Å².